The number of para-hydroxylation sites is 3. The smallest absolute Gasteiger partial charge is 0.235 e. The largest absolute Gasteiger partial charge is 0.309 e. The zero-order valence-corrected chi connectivity index (χ0v) is 31.3. The Bertz CT molecular complexity index is 3830. The molecule has 13 rings (SSSR count). The van der Waals surface area contributed by atoms with E-state index in [1.54, 1.807) is 0 Å². The van der Waals surface area contributed by atoms with Crippen LogP contribution in [0.2, 0.25) is 0 Å². The Hall–Kier alpha value is -7.34. The lowest BCUT2D eigenvalue weighted by molar-refractivity contribution is 1.01. The lowest BCUT2D eigenvalue weighted by atomic mass is 10.0. The van der Waals surface area contributed by atoms with Crippen LogP contribution < -0.4 is 0 Å². The molecule has 264 valence electrons. The minimum atomic E-state index is 0.668. The molecule has 13 aromatic rings. The van der Waals surface area contributed by atoms with Crippen molar-refractivity contribution in [3.63, 3.8) is 0 Å². The van der Waals surface area contributed by atoms with E-state index in [1.807, 2.05) is 11.3 Å². The molecule has 0 fully saturated rings. The van der Waals surface area contributed by atoms with Crippen LogP contribution in [-0.4, -0.2) is 19.1 Å². The minimum Gasteiger partial charge on any atom is -0.309 e. The van der Waals surface area contributed by atoms with Gasteiger partial charge in [-0.25, -0.2) is 9.97 Å². The van der Waals surface area contributed by atoms with Crippen molar-refractivity contribution in [2.24, 2.45) is 0 Å². The molecule has 4 aromatic heterocycles. The van der Waals surface area contributed by atoms with Crippen molar-refractivity contribution in [1.29, 1.82) is 0 Å². The molecule has 5 heteroatoms. The molecule has 0 amide bonds. The molecule has 0 bridgehead atoms. The summed E-state index contributed by atoms with van der Waals surface area (Å²) >= 11 is 1.83. The molecule has 0 aliphatic rings. The number of benzene rings is 9. The Morgan fingerprint density at radius 3 is 1.98 bits per heavy atom. The maximum Gasteiger partial charge on any atom is 0.235 e. The molecule has 0 spiro atoms. The van der Waals surface area contributed by atoms with Crippen molar-refractivity contribution >= 4 is 108 Å². The zero-order valence-electron chi connectivity index (χ0n) is 30.5. The van der Waals surface area contributed by atoms with Gasteiger partial charge in [0.1, 0.15) is 0 Å². The maximum atomic E-state index is 5.50. The first kappa shape index (κ1) is 30.9. The van der Waals surface area contributed by atoms with Gasteiger partial charge in [0.2, 0.25) is 5.95 Å². The molecule has 0 aliphatic carbocycles. The average molecular weight is 743 g/mol. The predicted octanol–water partition coefficient (Wildman–Crippen LogP) is 14.2. The summed E-state index contributed by atoms with van der Waals surface area (Å²) in [6.07, 6.45) is 0. The van der Waals surface area contributed by atoms with Gasteiger partial charge in [0.25, 0.3) is 0 Å². The summed E-state index contributed by atoms with van der Waals surface area (Å²) in [7, 11) is 0. The molecule has 0 unspecified atom stereocenters. The van der Waals surface area contributed by atoms with Gasteiger partial charge in [0.05, 0.1) is 33.3 Å². The van der Waals surface area contributed by atoms with Crippen molar-refractivity contribution in [3.05, 3.63) is 182 Å². The van der Waals surface area contributed by atoms with Crippen LogP contribution >= 0.6 is 11.3 Å². The van der Waals surface area contributed by atoms with Crippen molar-refractivity contribution in [2.75, 3.05) is 0 Å². The van der Waals surface area contributed by atoms with E-state index in [9.17, 15) is 0 Å². The van der Waals surface area contributed by atoms with Gasteiger partial charge < -0.3 is 4.57 Å². The molecule has 4 nitrogen and oxygen atoms in total. The standard InChI is InChI=1S/C52H30N4S/c1-2-13-35-31(12-1)25-27-46-49(35)40-17-5-9-22-45(40)55(46)34-26-24-32-30-47-42(29-33(32)28-34)36-14-4-8-21-44(36)56(47)52-53-43-20-7-3-16-39(43)50(54-52)41-19-11-18-38-37-15-6-10-23-48(37)57-51(38)41/h1-30H. The first-order valence-electron chi connectivity index (χ1n) is 19.3. The van der Waals surface area contributed by atoms with Gasteiger partial charge in [0.15, 0.2) is 0 Å². The van der Waals surface area contributed by atoms with Gasteiger partial charge in [-0.3, -0.25) is 4.57 Å². The topological polar surface area (TPSA) is 35.6 Å². The summed E-state index contributed by atoms with van der Waals surface area (Å²) in [6, 6.07) is 65.9. The molecule has 57 heavy (non-hydrogen) atoms. The molecular formula is C52H30N4S. The Balaban J connectivity index is 1.05. The minimum absolute atomic E-state index is 0.668. The molecule has 0 radical (unpaired) electrons. The molecule has 4 heterocycles. The Labute approximate surface area is 330 Å². The van der Waals surface area contributed by atoms with Crippen LogP contribution in [0.15, 0.2) is 182 Å². The van der Waals surface area contributed by atoms with Crippen LogP contribution in [0.1, 0.15) is 0 Å². The average Bonchev–Trinajstić information content (AvgIpc) is 3.93. The van der Waals surface area contributed by atoms with E-state index in [1.165, 1.54) is 68.9 Å². The first-order valence-corrected chi connectivity index (χ1v) is 20.1. The van der Waals surface area contributed by atoms with E-state index >= 15 is 0 Å². The lowest BCUT2D eigenvalue weighted by Crippen LogP contribution is -2.03. The summed E-state index contributed by atoms with van der Waals surface area (Å²) in [6.45, 7) is 0. The molecular weight excluding hydrogens is 713 g/mol. The highest BCUT2D eigenvalue weighted by molar-refractivity contribution is 7.26. The van der Waals surface area contributed by atoms with Crippen LogP contribution in [0.5, 0.6) is 0 Å². The van der Waals surface area contributed by atoms with Gasteiger partial charge in [-0.2, -0.15) is 0 Å². The highest BCUT2D eigenvalue weighted by Gasteiger charge is 2.21. The number of nitrogens with zero attached hydrogens (tertiary/aromatic N) is 4. The normalized spacial score (nSPS) is 12.2. The summed E-state index contributed by atoms with van der Waals surface area (Å²) in [5, 5.41) is 13.4. The van der Waals surface area contributed by atoms with E-state index in [4.69, 9.17) is 9.97 Å². The highest BCUT2D eigenvalue weighted by atomic mass is 32.1. The van der Waals surface area contributed by atoms with Crippen LogP contribution in [-0.2, 0) is 0 Å². The van der Waals surface area contributed by atoms with E-state index in [2.05, 4.69) is 191 Å². The third-order valence-corrected chi connectivity index (χ3v) is 13.1. The molecule has 9 aromatic carbocycles. The number of thiophene rings is 1. The van der Waals surface area contributed by atoms with Crippen LogP contribution in [0.3, 0.4) is 0 Å². The van der Waals surface area contributed by atoms with Gasteiger partial charge in [-0.1, -0.05) is 127 Å². The number of hydrogen-bond donors (Lipinski definition) is 0. The third-order valence-electron chi connectivity index (χ3n) is 11.9. The fraction of sp³-hybridized carbons (Fsp3) is 0. The second-order valence-electron chi connectivity index (χ2n) is 15.0. The second kappa shape index (κ2) is 11.6. The molecule has 0 saturated heterocycles. The van der Waals surface area contributed by atoms with Gasteiger partial charge >= 0.3 is 0 Å². The van der Waals surface area contributed by atoms with E-state index in [0.29, 0.717) is 5.95 Å². The van der Waals surface area contributed by atoms with E-state index in [0.717, 1.165) is 44.3 Å². The Kier molecular flexibility index (Phi) is 6.29. The van der Waals surface area contributed by atoms with Crippen LogP contribution in [0.4, 0.5) is 0 Å². The van der Waals surface area contributed by atoms with Crippen molar-refractivity contribution in [1.82, 2.24) is 19.1 Å². The summed E-state index contributed by atoms with van der Waals surface area (Å²) < 4.78 is 7.21. The molecule has 0 saturated carbocycles. The van der Waals surface area contributed by atoms with Crippen molar-refractivity contribution < 1.29 is 0 Å². The monoisotopic (exact) mass is 742 g/mol. The summed E-state index contributed by atoms with van der Waals surface area (Å²) in [5.74, 6) is 0.668. The zero-order chi connectivity index (χ0) is 37.2. The molecule has 0 aliphatic heterocycles. The number of fused-ring (bicyclic) bond motifs is 13. The number of hydrogen-bond acceptors (Lipinski definition) is 3. The van der Waals surface area contributed by atoms with Crippen LogP contribution in [0, 0.1) is 0 Å². The van der Waals surface area contributed by atoms with Gasteiger partial charge in [-0.05, 0) is 76.1 Å². The van der Waals surface area contributed by atoms with E-state index < -0.39 is 0 Å². The number of rotatable bonds is 3. The quantitative estimate of drug-likeness (QED) is 0.181. The number of aromatic nitrogens is 4. The van der Waals surface area contributed by atoms with Gasteiger partial charge in [0, 0.05) is 58.4 Å². The maximum absolute atomic E-state index is 5.50. The predicted molar refractivity (Wildman–Crippen MR) is 242 cm³/mol. The highest BCUT2D eigenvalue weighted by Crippen LogP contribution is 2.43. The van der Waals surface area contributed by atoms with Gasteiger partial charge in [-0.15, -0.1) is 11.3 Å². The van der Waals surface area contributed by atoms with Crippen molar-refractivity contribution in [2.45, 2.75) is 0 Å². The summed E-state index contributed by atoms with van der Waals surface area (Å²) in [5.41, 5.74) is 8.73. The Morgan fingerprint density at radius 2 is 1.09 bits per heavy atom. The molecule has 0 atom stereocenters. The Morgan fingerprint density at radius 1 is 0.386 bits per heavy atom. The third kappa shape index (κ3) is 4.37. The molecule has 0 N–H and O–H groups in total. The van der Waals surface area contributed by atoms with Crippen LogP contribution in [0.25, 0.3) is 119 Å². The summed E-state index contributed by atoms with van der Waals surface area (Å²) in [4.78, 5) is 10.8. The second-order valence-corrected chi connectivity index (χ2v) is 16.0. The van der Waals surface area contributed by atoms with E-state index in [-0.39, 0.29) is 0 Å². The first-order chi connectivity index (χ1) is 28.3. The fourth-order valence-electron chi connectivity index (χ4n) is 9.38. The SMILES string of the molecule is c1ccc2c(c1)ccc1c2c2ccccc2n1-c1ccc2cc3c(cc2c1)c1ccccc1n3-c1nc(-c2cccc3c2sc2ccccc23)c2ccccc2n1. The fourth-order valence-corrected chi connectivity index (χ4v) is 10.6. The lowest BCUT2D eigenvalue weighted by Gasteiger charge is -2.13. The van der Waals surface area contributed by atoms with Crippen molar-refractivity contribution in [3.8, 4) is 22.9 Å².